The summed E-state index contributed by atoms with van der Waals surface area (Å²) in [5.41, 5.74) is 3.28. The predicted octanol–water partition coefficient (Wildman–Crippen LogP) is 5.87. The van der Waals surface area contributed by atoms with Gasteiger partial charge in [-0.1, -0.05) is 23.4 Å². The number of ketones is 1. The molecule has 3 heterocycles. The number of hydrogen-bond acceptors (Lipinski definition) is 5. The molecule has 0 saturated heterocycles. The van der Waals surface area contributed by atoms with E-state index in [2.05, 4.69) is 15.0 Å². The SMILES string of the molecule is Cn1cc(C(=O)CSc2nc3cc(Cl)ccc3[nH]2)c2ccc(Oc3cccnc3)cc21. The van der Waals surface area contributed by atoms with Gasteiger partial charge in [-0.2, -0.15) is 0 Å². The number of rotatable bonds is 6. The van der Waals surface area contributed by atoms with Crippen molar-refractivity contribution in [3.05, 3.63) is 77.7 Å². The quantitative estimate of drug-likeness (QED) is 0.260. The second-order valence-electron chi connectivity index (χ2n) is 7.04. The molecule has 1 N–H and O–H groups in total. The summed E-state index contributed by atoms with van der Waals surface area (Å²) in [6.07, 6.45) is 5.22. The molecule has 0 saturated carbocycles. The minimum atomic E-state index is 0.0371. The molecule has 5 aromatic rings. The highest BCUT2D eigenvalue weighted by Gasteiger charge is 2.16. The molecule has 6 nitrogen and oxygen atoms in total. The number of imidazole rings is 1. The maximum Gasteiger partial charge on any atom is 0.175 e. The largest absolute Gasteiger partial charge is 0.456 e. The molecule has 0 aliphatic heterocycles. The van der Waals surface area contributed by atoms with E-state index in [-0.39, 0.29) is 11.5 Å². The molecule has 0 unspecified atom stereocenters. The molecule has 0 fully saturated rings. The Balaban J connectivity index is 1.35. The third kappa shape index (κ3) is 4.02. The highest BCUT2D eigenvalue weighted by Crippen LogP contribution is 2.29. The molecular weight excluding hydrogens is 432 g/mol. The van der Waals surface area contributed by atoms with E-state index in [1.165, 1.54) is 11.8 Å². The first-order valence-electron chi connectivity index (χ1n) is 9.55. The number of fused-ring (bicyclic) bond motifs is 2. The molecule has 0 aliphatic rings. The smallest absolute Gasteiger partial charge is 0.175 e. The average Bonchev–Trinajstić information content (AvgIpc) is 3.33. The molecule has 8 heteroatoms. The van der Waals surface area contributed by atoms with E-state index in [0.29, 0.717) is 27.2 Å². The number of hydrogen-bond donors (Lipinski definition) is 1. The first kappa shape index (κ1) is 19.7. The number of thioether (sulfide) groups is 1. The molecule has 154 valence electrons. The normalized spacial score (nSPS) is 11.3. The molecule has 0 spiro atoms. The zero-order chi connectivity index (χ0) is 21.4. The minimum absolute atomic E-state index is 0.0371. The number of carbonyl (C=O) groups excluding carboxylic acids is 1. The van der Waals surface area contributed by atoms with Gasteiger partial charge in [0.15, 0.2) is 10.9 Å². The van der Waals surface area contributed by atoms with Gasteiger partial charge in [0.1, 0.15) is 11.5 Å². The van der Waals surface area contributed by atoms with Crippen molar-refractivity contribution < 1.29 is 9.53 Å². The summed E-state index contributed by atoms with van der Waals surface area (Å²) < 4.78 is 7.80. The van der Waals surface area contributed by atoms with E-state index in [1.54, 1.807) is 18.5 Å². The molecule has 0 bridgehead atoms. The number of nitrogens with one attached hydrogen (secondary N) is 1. The van der Waals surface area contributed by atoms with Crippen LogP contribution in [0.5, 0.6) is 11.5 Å². The van der Waals surface area contributed by atoms with Gasteiger partial charge in [0, 0.05) is 41.5 Å². The Bertz CT molecular complexity index is 1410. The molecular formula is C23H17ClN4O2S. The molecule has 0 aliphatic carbocycles. The molecule has 0 radical (unpaired) electrons. The van der Waals surface area contributed by atoms with Crippen LogP contribution in [0.4, 0.5) is 0 Å². The van der Waals surface area contributed by atoms with Crippen molar-refractivity contribution in [1.82, 2.24) is 19.5 Å². The zero-order valence-electron chi connectivity index (χ0n) is 16.5. The summed E-state index contributed by atoms with van der Waals surface area (Å²) in [5.74, 6) is 1.67. The fourth-order valence-electron chi connectivity index (χ4n) is 3.43. The number of nitrogens with zero attached hydrogens (tertiary/aromatic N) is 3. The maximum atomic E-state index is 13.0. The van der Waals surface area contributed by atoms with E-state index in [1.807, 2.05) is 60.3 Å². The van der Waals surface area contributed by atoms with Gasteiger partial charge in [-0.3, -0.25) is 9.78 Å². The second kappa shape index (κ2) is 8.09. The van der Waals surface area contributed by atoms with Gasteiger partial charge < -0.3 is 14.3 Å². The van der Waals surface area contributed by atoms with Gasteiger partial charge in [-0.05, 0) is 42.5 Å². The number of H-pyrrole nitrogens is 1. The van der Waals surface area contributed by atoms with Crippen molar-refractivity contribution >= 4 is 51.1 Å². The van der Waals surface area contributed by atoms with Crippen molar-refractivity contribution in [3.8, 4) is 11.5 Å². The summed E-state index contributed by atoms with van der Waals surface area (Å²) in [5, 5.41) is 2.22. The zero-order valence-corrected chi connectivity index (χ0v) is 18.1. The van der Waals surface area contributed by atoms with Crippen molar-refractivity contribution in [2.24, 2.45) is 7.05 Å². The predicted molar refractivity (Wildman–Crippen MR) is 123 cm³/mol. The van der Waals surface area contributed by atoms with Crippen LogP contribution < -0.4 is 4.74 Å². The highest BCUT2D eigenvalue weighted by atomic mass is 35.5. The Morgan fingerprint density at radius 3 is 2.94 bits per heavy atom. The number of carbonyl (C=O) groups is 1. The van der Waals surface area contributed by atoms with Crippen LogP contribution in [0.25, 0.3) is 21.9 Å². The Morgan fingerprint density at radius 2 is 2.10 bits per heavy atom. The molecule has 2 aromatic carbocycles. The number of ether oxygens (including phenoxy) is 1. The Morgan fingerprint density at radius 1 is 1.19 bits per heavy atom. The number of aromatic amines is 1. The van der Waals surface area contributed by atoms with E-state index in [4.69, 9.17) is 16.3 Å². The lowest BCUT2D eigenvalue weighted by Crippen LogP contribution is -2.01. The van der Waals surface area contributed by atoms with Crippen LogP contribution in [0.1, 0.15) is 10.4 Å². The molecule has 0 amide bonds. The van der Waals surface area contributed by atoms with E-state index in [0.717, 1.165) is 21.9 Å². The summed E-state index contributed by atoms with van der Waals surface area (Å²) >= 11 is 7.40. The van der Waals surface area contributed by atoms with E-state index < -0.39 is 0 Å². The lowest BCUT2D eigenvalue weighted by Gasteiger charge is -2.06. The fraction of sp³-hybridized carbons (Fsp3) is 0.0870. The lowest BCUT2D eigenvalue weighted by atomic mass is 10.1. The number of benzene rings is 2. The van der Waals surface area contributed by atoms with Crippen LogP contribution in [0.2, 0.25) is 5.02 Å². The molecule has 3 aromatic heterocycles. The van der Waals surface area contributed by atoms with Crippen LogP contribution in [0.3, 0.4) is 0 Å². The number of pyridine rings is 1. The first-order chi connectivity index (χ1) is 15.1. The first-order valence-corrected chi connectivity index (χ1v) is 10.9. The lowest BCUT2D eigenvalue weighted by molar-refractivity contribution is 0.102. The fourth-order valence-corrected chi connectivity index (χ4v) is 4.36. The second-order valence-corrected chi connectivity index (χ2v) is 8.44. The summed E-state index contributed by atoms with van der Waals surface area (Å²) in [6, 6.07) is 14.9. The molecule has 5 rings (SSSR count). The Hall–Kier alpha value is -3.29. The van der Waals surface area contributed by atoms with Crippen molar-refractivity contribution in [2.75, 3.05) is 5.75 Å². The van der Waals surface area contributed by atoms with Gasteiger partial charge in [-0.25, -0.2) is 4.98 Å². The number of aromatic nitrogens is 4. The number of halogens is 1. The van der Waals surface area contributed by atoms with Crippen molar-refractivity contribution in [3.63, 3.8) is 0 Å². The molecule has 0 atom stereocenters. The van der Waals surface area contributed by atoms with Crippen LogP contribution in [0, 0.1) is 0 Å². The Labute approximate surface area is 187 Å². The third-order valence-electron chi connectivity index (χ3n) is 4.90. The highest BCUT2D eigenvalue weighted by molar-refractivity contribution is 7.99. The van der Waals surface area contributed by atoms with Gasteiger partial charge >= 0.3 is 0 Å². The van der Waals surface area contributed by atoms with Crippen LogP contribution in [-0.4, -0.2) is 31.1 Å². The van der Waals surface area contributed by atoms with E-state index in [9.17, 15) is 4.79 Å². The minimum Gasteiger partial charge on any atom is -0.456 e. The van der Waals surface area contributed by atoms with Crippen LogP contribution in [-0.2, 0) is 7.05 Å². The number of aryl methyl sites for hydroxylation is 1. The summed E-state index contributed by atoms with van der Waals surface area (Å²) in [6.45, 7) is 0. The van der Waals surface area contributed by atoms with Crippen LogP contribution in [0.15, 0.2) is 72.3 Å². The van der Waals surface area contributed by atoms with Gasteiger partial charge in [-0.15, -0.1) is 0 Å². The summed E-state index contributed by atoms with van der Waals surface area (Å²) in [4.78, 5) is 24.7. The average molecular weight is 449 g/mol. The van der Waals surface area contributed by atoms with Crippen molar-refractivity contribution in [1.29, 1.82) is 0 Å². The van der Waals surface area contributed by atoms with Gasteiger partial charge in [0.25, 0.3) is 0 Å². The van der Waals surface area contributed by atoms with Gasteiger partial charge in [0.2, 0.25) is 0 Å². The monoisotopic (exact) mass is 448 g/mol. The van der Waals surface area contributed by atoms with Gasteiger partial charge in [0.05, 0.1) is 28.5 Å². The summed E-state index contributed by atoms with van der Waals surface area (Å²) in [7, 11) is 1.92. The third-order valence-corrected chi connectivity index (χ3v) is 6.00. The topological polar surface area (TPSA) is 72.8 Å². The van der Waals surface area contributed by atoms with Crippen LogP contribution >= 0.6 is 23.4 Å². The Kier molecular flexibility index (Phi) is 5.13. The standard InChI is InChI=1S/C23H17ClN4O2S/c1-28-12-18(17-6-5-15(10-21(17)28)30-16-3-2-8-25-11-16)22(29)13-31-23-26-19-7-4-14(24)9-20(19)27-23/h2-12H,13H2,1H3,(H,26,27). The van der Waals surface area contributed by atoms with E-state index >= 15 is 0 Å². The van der Waals surface area contributed by atoms with Crippen molar-refractivity contribution in [2.45, 2.75) is 5.16 Å². The maximum absolute atomic E-state index is 13.0. The number of Topliss-reactive ketones (excluding diaryl/α,β-unsaturated/α-hetero) is 1. The molecule has 31 heavy (non-hydrogen) atoms.